The molecule has 4 nitrogen and oxygen atoms in total. The van der Waals surface area contributed by atoms with Crippen LogP contribution in [0.4, 0.5) is 0 Å². The molecule has 0 unspecified atom stereocenters. The third-order valence-corrected chi connectivity index (χ3v) is 1.69. The van der Waals surface area contributed by atoms with E-state index in [9.17, 15) is 4.79 Å². The van der Waals surface area contributed by atoms with Gasteiger partial charge in [0.25, 0.3) is 0 Å². The Morgan fingerprint density at radius 3 is 2.43 bits per heavy atom. The predicted molar refractivity (Wildman–Crippen MR) is 54.9 cm³/mol. The topological polar surface area (TPSA) is 46.5 Å². The molecule has 0 atom stereocenters. The van der Waals surface area contributed by atoms with Gasteiger partial charge in [-0.15, -0.1) is 0 Å². The van der Waals surface area contributed by atoms with Crippen molar-refractivity contribution in [2.24, 2.45) is 0 Å². The molecule has 0 spiro atoms. The molecule has 0 fully saturated rings. The number of quaternary nitrogens is 1. The SMILES string of the molecule is C/C=C(\O)C(=O)OCCC[N+](C)(C)C. The average molecular weight is 202 g/mol. The summed E-state index contributed by atoms with van der Waals surface area (Å²) in [6.07, 6.45) is 2.12. The van der Waals surface area contributed by atoms with Gasteiger partial charge in [-0.2, -0.15) is 0 Å². The Bertz CT molecular complexity index is 216. The maximum absolute atomic E-state index is 11.0. The molecule has 0 rings (SSSR count). The molecule has 0 aliphatic rings. The first-order valence-corrected chi connectivity index (χ1v) is 4.69. The summed E-state index contributed by atoms with van der Waals surface area (Å²) < 4.78 is 5.66. The van der Waals surface area contributed by atoms with Crippen LogP contribution in [-0.2, 0) is 9.53 Å². The first-order chi connectivity index (χ1) is 6.37. The van der Waals surface area contributed by atoms with Crippen LogP contribution < -0.4 is 0 Å². The van der Waals surface area contributed by atoms with Crippen LogP contribution in [0.1, 0.15) is 13.3 Å². The van der Waals surface area contributed by atoms with Crippen molar-refractivity contribution < 1.29 is 19.1 Å². The molecule has 0 heterocycles. The summed E-state index contributed by atoms with van der Waals surface area (Å²) >= 11 is 0. The molecular weight excluding hydrogens is 182 g/mol. The van der Waals surface area contributed by atoms with Crippen LogP contribution in [0.2, 0.25) is 0 Å². The number of carbonyl (C=O) groups excluding carboxylic acids is 1. The highest BCUT2D eigenvalue weighted by Crippen LogP contribution is 1.97. The Balaban J connectivity index is 3.61. The molecule has 0 saturated heterocycles. The lowest BCUT2D eigenvalue weighted by atomic mass is 10.4. The molecule has 4 heteroatoms. The van der Waals surface area contributed by atoms with E-state index in [0.29, 0.717) is 6.61 Å². The fourth-order valence-electron chi connectivity index (χ4n) is 0.896. The second-order valence-corrected chi connectivity index (χ2v) is 4.18. The maximum atomic E-state index is 11.0. The highest BCUT2D eigenvalue weighted by molar-refractivity contribution is 5.85. The van der Waals surface area contributed by atoms with E-state index in [1.165, 1.54) is 6.08 Å². The van der Waals surface area contributed by atoms with Crippen molar-refractivity contribution >= 4 is 5.97 Å². The fraction of sp³-hybridized carbons (Fsp3) is 0.700. The second-order valence-electron chi connectivity index (χ2n) is 4.18. The molecular formula is C10H20NO3+. The zero-order valence-corrected chi connectivity index (χ0v) is 9.41. The predicted octanol–water partition coefficient (Wildman–Crippen LogP) is 1.09. The minimum atomic E-state index is -0.645. The normalized spacial score (nSPS) is 12.7. The summed E-state index contributed by atoms with van der Waals surface area (Å²) in [5, 5.41) is 8.97. The molecule has 0 aromatic rings. The van der Waals surface area contributed by atoms with E-state index in [-0.39, 0.29) is 5.76 Å². The molecule has 14 heavy (non-hydrogen) atoms. The number of aliphatic hydroxyl groups is 1. The average Bonchev–Trinajstić information content (AvgIpc) is 2.09. The molecule has 0 radical (unpaired) electrons. The number of allylic oxidation sites excluding steroid dienone is 1. The van der Waals surface area contributed by atoms with Gasteiger partial charge in [0, 0.05) is 6.42 Å². The standard InChI is InChI=1S/C10H19NO3/c1-5-9(12)10(13)14-8-6-7-11(2,3)4/h5H,6-8H2,1-4H3/p+1/b9-5-. The monoisotopic (exact) mass is 202 g/mol. The summed E-state index contributed by atoms with van der Waals surface area (Å²) in [7, 11) is 6.22. The molecule has 1 N–H and O–H groups in total. The van der Waals surface area contributed by atoms with Crippen molar-refractivity contribution in [3.63, 3.8) is 0 Å². The number of rotatable bonds is 5. The third-order valence-electron chi connectivity index (χ3n) is 1.69. The molecule has 0 aromatic heterocycles. The van der Waals surface area contributed by atoms with Gasteiger partial charge in [-0.3, -0.25) is 0 Å². The molecule has 0 aromatic carbocycles. The van der Waals surface area contributed by atoms with Gasteiger partial charge in [0.2, 0.25) is 0 Å². The quantitative estimate of drug-likeness (QED) is 0.239. The van der Waals surface area contributed by atoms with Crippen molar-refractivity contribution in [3.05, 3.63) is 11.8 Å². The van der Waals surface area contributed by atoms with Crippen LogP contribution in [-0.4, -0.2) is 49.9 Å². The first-order valence-electron chi connectivity index (χ1n) is 4.69. The van der Waals surface area contributed by atoms with E-state index in [2.05, 4.69) is 21.1 Å². The van der Waals surface area contributed by atoms with Crippen LogP contribution in [0, 0.1) is 0 Å². The lowest BCUT2D eigenvalue weighted by Gasteiger charge is -2.23. The van der Waals surface area contributed by atoms with Crippen molar-refractivity contribution in [1.82, 2.24) is 0 Å². The third kappa shape index (κ3) is 6.48. The Morgan fingerprint density at radius 2 is 2.00 bits per heavy atom. The van der Waals surface area contributed by atoms with Gasteiger partial charge in [0.05, 0.1) is 34.3 Å². The van der Waals surface area contributed by atoms with Crippen molar-refractivity contribution in [2.75, 3.05) is 34.3 Å². The largest absolute Gasteiger partial charge is 0.502 e. The minimum Gasteiger partial charge on any atom is -0.502 e. The van der Waals surface area contributed by atoms with Crippen molar-refractivity contribution in [1.29, 1.82) is 0 Å². The Kier molecular flexibility index (Phi) is 5.23. The fourth-order valence-corrected chi connectivity index (χ4v) is 0.896. The zero-order valence-electron chi connectivity index (χ0n) is 9.41. The minimum absolute atomic E-state index is 0.324. The van der Waals surface area contributed by atoms with Crippen LogP contribution in [0.15, 0.2) is 11.8 Å². The van der Waals surface area contributed by atoms with E-state index in [1.807, 2.05) is 0 Å². The summed E-state index contributed by atoms with van der Waals surface area (Å²) in [6, 6.07) is 0. The van der Waals surface area contributed by atoms with E-state index in [1.54, 1.807) is 6.92 Å². The second kappa shape index (κ2) is 5.65. The number of hydrogen-bond acceptors (Lipinski definition) is 3. The van der Waals surface area contributed by atoms with Crippen LogP contribution in [0.3, 0.4) is 0 Å². The molecule has 0 aliphatic heterocycles. The van der Waals surface area contributed by atoms with Crippen molar-refractivity contribution in [3.8, 4) is 0 Å². The van der Waals surface area contributed by atoms with Gasteiger partial charge in [-0.1, -0.05) is 0 Å². The number of carbonyl (C=O) groups is 1. The summed E-state index contributed by atoms with van der Waals surface area (Å²) in [6.45, 7) is 2.87. The Hall–Kier alpha value is -1.03. The first kappa shape index (κ1) is 13.0. The number of hydrogen-bond donors (Lipinski definition) is 1. The lowest BCUT2D eigenvalue weighted by molar-refractivity contribution is -0.870. The number of ether oxygens (including phenoxy) is 1. The molecule has 0 aliphatic carbocycles. The highest BCUT2D eigenvalue weighted by Gasteiger charge is 2.09. The van der Waals surface area contributed by atoms with E-state index < -0.39 is 5.97 Å². The van der Waals surface area contributed by atoms with E-state index in [4.69, 9.17) is 9.84 Å². The van der Waals surface area contributed by atoms with Gasteiger partial charge in [0.15, 0.2) is 5.76 Å². The maximum Gasteiger partial charge on any atom is 0.373 e. The van der Waals surface area contributed by atoms with Crippen LogP contribution in [0.25, 0.3) is 0 Å². The molecule has 0 saturated carbocycles. The number of nitrogens with zero attached hydrogens (tertiary/aromatic N) is 1. The van der Waals surface area contributed by atoms with Crippen LogP contribution >= 0.6 is 0 Å². The van der Waals surface area contributed by atoms with Crippen molar-refractivity contribution in [2.45, 2.75) is 13.3 Å². The number of esters is 1. The summed E-state index contributed by atoms with van der Waals surface area (Å²) in [5.41, 5.74) is 0. The zero-order chi connectivity index (χ0) is 11.2. The molecule has 82 valence electrons. The molecule has 0 bridgehead atoms. The lowest BCUT2D eigenvalue weighted by Crippen LogP contribution is -2.35. The van der Waals surface area contributed by atoms with Gasteiger partial charge < -0.3 is 14.3 Å². The summed E-state index contributed by atoms with van der Waals surface area (Å²) in [4.78, 5) is 11.0. The van der Waals surface area contributed by atoms with E-state index in [0.717, 1.165) is 17.4 Å². The van der Waals surface area contributed by atoms with Gasteiger partial charge >= 0.3 is 5.97 Å². The Morgan fingerprint density at radius 1 is 1.43 bits per heavy atom. The van der Waals surface area contributed by atoms with Crippen LogP contribution in [0.5, 0.6) is 0 Å². The van der Waals surface area contributed by atoms with Gasteiger partial charge in [0.1, 0.15) is 0 Å². The summed E-state index contributed by atoms with van der Waals surface area (Å²) in [5.74, 6) is -0.968. The number of aliphatic hydroxyl groups excluding tert-OH is 1. The smallest absolute Gasteiger partial charge is 0.373 e. The highest BCUT2D eigenvalue weighted by atomic mass is 16.5. The van der Waals surface area contributed by atoms with Gasteiger partial charge in [-0.05, 0) is 13.0 Å². The van der Waals surface area contributed by atoms with Gasteiger partial charge in [-0.25, -0.2) is 4.79 Å². The molecule has 0 amide bonds. The Labute approximate surface area is 85.4 Å². The van der Waals surface area contributed by atoms with E-state index >= 15 is 0 Å².